The van der Waals surface area contributed by atoms with Crippen molar-refractivity contribution in [3.05, 3.63) is 90.0 Å². The molecule has 9 heteroatoms. The Hall–Kier alpha value is -3.85. The zero-order valence-corrected chi connectivity index (χ0v) is 22.9. The molecule has 0 saturated carbocycles. The fourth-order valence-corrected chi connectivity index (χ4v) is 4.80. The molecular weight excluding hydrogens is 500 g/mol. The predicted octanol–water partition coefficient (Wildman–Crippen LogP) is 4.41. The highest BCUT2D eigenvalue weighted by molar-refractivity contribution is 7.90. The van der Waals surface area contributed by atoms with Crippen molar-refractivity contribution in [3.8, 4) is 0 Å². The van der Waals surface area contributed by atoms with Crippen molar-refractivity contribution in [2.75, 3.05) is 30.4 Å². The van der Waals surface area contributed by atoms with Crippen LogP contribution >= 0.6 is 0 Å². The quantitative estimate of drug-likeness (QED) is 0.299. The molecular formula is C29H36N4O4S. The summed E-state index contributed by atoms with van der Waals surface area (Å²) in [6.07, 6.45) is 0.867. The number of anilines is 2. The van der Waals surface area contributed by atoms with Crippen molar-refractivity contribution in [2.24, 2.45) is 5.92 Å². The lowest BCUT2D eigenvalue weighted by Crippen LogP contribution is -2.34. The number of carbonyl (C=O) groups excluding carboxylic acids is 2. The zero-order valence-electron chi connectivity index (χ0n) is 22.1. The van der Waals surface area contributed by atoms with Crippen molar-refractivity contribution >= 4 is 33.2 Å². The van der Waals surface area contributed by atoms with Crippen LogP contribution in [0.25, 0.3) is 0 Å². The van der Waals surface area contributed by atoms with Crippen molar-refractivity contribution in [1.29, 1.82) is 0 Å². The van der Waals surface area contributed by atoms with E-state index in [-0.39, 0.29) is 23.8 Å². The van der Waals surface area contributed by atoms with Crippen LogP contribution < -0.4 is 20.3 Å². The summed E-state index contributed by atoms with van der Waals surface area (Å²) in [6.45, 7) is 5.86. The Balaban J connectivity index is 1.63. The molecule has 38 heavy (non-hydrogen) atoms. The first kappa shape index (κ1) is 28.7. The summed E-state index contributed by atoms with van der Waals surface area (Å²) < 4.78 is 26.6. The standard InChI is InChI=1S/C29H36N4O4S/c1-22(2)17-19-33(3)27-15-14-24(20-26(27)31-21-23-10-6-4-7-11-23)29(35)30-18-16-28(34)32-38(36,37)25-12-8-5-9-13-25/h4-15,20,22,31H,16-19,21H2,1-3H3,(H,30,35)(H,32,34). The molecule has 0 fully saturated rings. The first-order valence-electron chi connectivity index (χ1n) is 12.7. The molecule has 3 N–H and O–H groups in total. The average Bonchev–Trinajstić information content (AvgIpc) is 2.91. The lowest BCUT2D eigenvalue weighted by molar-refractivity contribution is -0.119. The molecule has 0 spiro atoms. The van der Waals surface area contributed by atoms with Gasteiger partial charge in [-0.15, -0.1) is 0 Å². The molecule has 0 bridgehead atoms. The van der Waals surface area contributed by atoms with Gasteiger partial charge in [0.2, 0.25) is 5.91 Å². The number of amides is 2. The van der Waals surface area contributed by atoms with Gasteiger partial charge >= 0.3 is 0 Å². The van der Waals surface area contributed by atoms with Crippen molar-refractivity contribution in [3.63, 3.8) is 0 Å². The highest BCUT2D eigenvalue weighted by Crippen LogP contribution is 2.28. The lowest BCUT2D eigenvalue weighted by Gasteiger charge is -2.24. The third kappa shape index (κ3) is 8.62. The largest absolute Gasteiger partial charge is 0.379 e. The smallest absolute Gasteiger partial charge is 0.264 e. The highest BCUT2D eigenvalue weighted by atomic mass is 32.2. The summed E-state index contributed by atoms with van der Waals surface area (Å²) in [6, 6.07) is 23.1. The second-order valence-electron chi connectivity index (χ2n) is 9.52. The molecule has 0 aliphatic rings. The fraction of sp³-hybridized carbons (Fsp3) is 0.310. The molecule has 8 nitrogen and oxygen atoms in total. The third-order valence-electron chi connectivity index (χ3n) is 5.98. The number of hydrogen-bond acceptors (Lipinski definition) is 6. The Labute approximate surface area is 225 Å². The first-order valence-corrected chi connectivity index (χ1v) is 14.2. The van der Waals surface area contributed by atoms with Gasteiger partial charge in [0.05, 0.1) is 16.3 Å². The maximum absolute atomic E-state index is 12.9. The second kappa shape index (κ2) is 13.6. The van der Waals surface area contributed by atoms with Crippen molar-refractivity contribution in [2.45, 2.75) is 38.1 Å². The van der Waals surface area contributed by atoms with E-state index in [9.17, 15) is 18.0 Å². The molecule has 0 heterocycles. The highest BCUT2D eigenvalue weighted by Gasteiger charge is 2.18. The summed E-state index contributed by atoms with van der Waals surface area (Å²) >= 11 is 0. The Morgan fingerprint density at radius 2 is 1.58 bits per heavy atom. The lowest BCUT2D eigenvalue weighted by atomic mass is 10.1. The van der Waals surface area contributed by atoms with Crippen LogP contribution in [0.2, 0.25) is 0 Å². The second-order valence-corrected chi connectivity index (χ2v) is 11.2. The fourth-order valence-electron chi connectivity index (χ4n) is 3.77. The van der Waals surface area contributed by atoms with Gasteiger partial charge in [0.15, 0.2) is 0 Å². The summed E-state index contributed by atoms with van der Waals surface area (Å²) in [5.74, 6) is -0.465. The number of rotatable bonds is 13. The number of nitrogens with one attached hydrogen (secondary N) is 3. The van der Waals surface area contributed by atoms with Gasteiger partial charge in [-0.3, -0.25) is 9.59 Å². The molecule has 2 amide bonds. The Kier molecular flexibility index (Phi) is 10.3. The Morgan fingerprint density at radius 1 is 0.921 bits per heavy atom. The molecule has 0 atom stereocenters. The maximum atomic E-state index is 12.9. The molecule has 202 valence electrons. The maximum Gasteiger partial charge on any atom is 0.264 e. The third-order valence-corrected chi connectivity index (χ3v) is 7.37. The number of benzene rings is 3. The van der Waals surface area contributed by atoms with Gasteiger partial charge in [-0.25, -0.2) is 13.1 Å². The van der Waals surface area contributed by atoms with E-state index in [1.165, 1.54) is 12.1 Å². The van der Waals surface area contributed by atoms with Crippen LogP contribution in [0.5, 0.6) is 0 Å². The molecule has 0 aliphatic heterocycles. The van der Waals surface area contributed by atoms with Gasteiger partial charge in [0, 0.05) is 38.7 Å². The van der Waals surface area contributed by atoms with E-state index in [1.807, 2.05) is 48.2 Å². The number of hydrogen-bond donors (Lipinski definition) is 3. The topological polar surface area (TPSA) is 108 Å². The molecule has 0 saturated heterocycles. The minimum atomic E-state index is -3.95. The summed E-state index contributed by atoms with van der Waals surface area (Å²) in [7, 11) is -1.91. The van der Waals surface area contributed by atoms with Gasteiger partial charge in [-0.05, 0) is 48.2 Å². The molecule has 3 aromatic rings. The molecule has 3 rings (SSSR count). The monoisotopic (exact) mass is 536 g/mol. The van der Waals surface area contributed by atoms with Crippen LogP contribution in [0.4, 0.5) is 11.4 Å². The Bertz CT molecular complexity index is 1310. The van der Waals surface area contributed by atoms with Crippen LogP contribution in [0.3, 0.4) is 0 Å². The van der Waals surface area contributed by atoms with E-state index in [1.54, 1.807) is 30.3 Å². The molecule has 0 radical (unpaired) electrons. The van der Waals surface area contributed by atoms with E-state index < -0.39 is 15.9 Å². The Morgan fingerprint density at radius 3 is 2.24 bits per heavy atom. The van der Waals surface area contributed by atoms with E-state index in [0.29, 0.717) is 18.0 Å². The van der Waals surface area contributed by atoms with Crippen LogP contribution in [0.1, 0.15) is 42.6 Å². The summed E-state index contributed by atoms with van der Waals surface area (Å²) in [5, 5.41) is 6.17. The van der Waals surface area contributed by atoms with E-state index in [0.717, 1.165) is 29.9 Å². The van der Waals surface area contributed by atoms with Gasteiger partial charge in [0.25, 0.3) is 15.9 Å². The van der Waals surface area contributed by atoms with Crippen LogP contribution in [-0.4, -0.2) is 40.4 Å². The van der Waals surface area contributed by atoms with Gasteiger partial charge < -0.3 is 15.5 Å². The minimum absolute atomic E-state index is 0.00219. The molecule has 0 aliphatic carbocycles. The van der Waals surface area contributed by atoms with Gasteiger partial charge in [0.1, 0.15) is 0 Å². The summed E-state index contributed by atoms with van der Waals surface area (Å²) in [4.78, 5) is 27.2. The minimum Gasteiger partial charge on any atom is -0.379 e. The van der Waals surface area contributed by atoms with Crippen LogP contribution in [0, 0.1) is 5.92 Å². The van der Waals surface area contributed by atoms with Gasteiger partial charge in [-0.2, -0.15) is 0 Å². The SMILES string of the molecule is CC(C)CCN(C)c1ccc(C(=O)NCCC(=O)NS(=O)(=O)c2ccccc2)cc1NCc1ccccc1. The van der Waals surface area contributed by atoms with Crippen molar-refractivity contribution in [1.82, 2.24) is 10.0 Å². The molecule has 0 aromatic heterocycles. The number of nitrogens with zero attached hydrogens (tertiary/aromatic N) is 1. The summed E-state index contributed by atoms with van der Waals surface area (Å²) in [5.41, 5.74) is 3.39. The van der Waals surface area contributed by atoms with Crippen molar-refractivity contribution < 1.29 is 18.0 Å². The molecule has 3 aromatic carbocycles. The van der Waals surface area contributed by atoms with E-state index in [2.05, 4.69) is 29.4 Å². The number of carbonyl (C=O) groups is 2. The zero-order chi connectivity index (χ0) is 27.5. The average molecular weight is 537 g/mol. The first-order chi connectivity index (χ1) is 18.2. The predicted molar refractivity (Wildman–Crippen MR) is 152 cm³/mol. The normalized spacial score (nSPS) is 11.2. The van der Waals surface area contributed by atoms with E-state index in [4.69, 9.17) is 0 Å². The van der Waals surface area contributed by atoms with Crippen LogP contribution in [-0.2, 0) is 21.4 Å². The van der Waals surface area contributed by atoms with Gasteiger partial charge in [-0.1, -0.05) is 62.4 Å². The van der Waals surface area contributed by atoms with E-state index >= 15 is 0 Å². The molecule has 0 unspecified atom stereocenters. The number of sulfonamides is 1. The van der Waals surface area contributed by atoms with Crippen LogP contribution in [0.15, 0.2) is 83.8 Å².